The van der Waals surface area contributed by atoms with E-state index in [1.807, 2.05) is 6.26 Å². The largest absolute Gasteiger partial charge is 0.330 e. The summed E-state index contributed by atoms with van der Waals surface area (Å²) >= 11 is 2.23. The smallest absolute Gasteiger partial charge is 0.252 e. The normalized spacial score (nSPS) is 11.0. The van der Waals surface area contributed by atoms with Gasteiger partial charge in [-0.3, -0.25) is 9.36 Å². The van der Waals surface area contributed by atoms with Crippen molar-refractivity contribution in [1.82, 2.24) is 14.5 Å². The lowest BCUT2D eigenvalue weighted by Gasteiger charge is -2.08. The van der Waals surface area contributed by atoms with E-state index in [1.54, 1.807) is 16.8 Å². The van der Waals surface area contributed by atoms with Gasteiger partial charge in [0, 0.05) is 29.9 Å². The molecule has 0 atom stereocenters. The molecule has 96 valence electrons. The first-order chi connectivity index (χ1) is 8.76. The third-order valence-corrected chi connectivity index (χ3v) is 3.53. The molecule has 0 aromatic carbocycles. The van der Waals surface area contributed by atoms with Crippen LogP contribution in [0.4, 0.5) is 0 Å². The fourth-order valence-electron chi connectivity index (χ4n) is 1.66. The maximum Gasteiger partial charge on any atom is 0.252 e. The van der Waals surface area contributed by atoms with Crippen LogP contribution in [0.5, 0.6) is 0 Å². The van der Waals surface area contributed by atoms with Crippen LogP contribution in [0.1, 0.15) is 6.42 Å². The maximum atomic E-state index is 11.9. The molecule has 2 heterocycles. The second-order valence-electron chi connectivity index (χ2n) is 3.65. The Kier molecular flexibility index (Phi) is 4.62. The zero-order valence-electron chi connectivity index (χ0n) is 9.87. The van der Waals surface area contributed by atoms with E-state index in [9.17, 15) is 4.79 Å². The van der Waals surface area contributed by atoms with Gasteiger partial charge in [0.05, 0.1) is 0 Å². The molecule has 1 N–H and O–H groups in total. The molecule has 5 nitrogen and oxygen atoms in total. The molecule has 0 radical (unpaired) electrons. The van der Waals surface area contributed by atoms with Crippen LogP contribution in [0.25, 0.3) is 11.0 Å². The Morgan fingerprint density at radius 3 is 3.00 bits per heavy atom. The van der Waals surface area contributed by atoms with Crippen LogP contribution >= 0.6 is 23.8 Å². The maximum absolute atomic E-state index is 11.9. The van der Waals surface area contributed by atoms with E-state index in [0.717, 1.165) is 23.8 Å². The van der Waals surface area contributed by atoms with Gasteiger partial charge in [0.15, 0.2) is 5.16 Å². The van der Waals surface area contributed by atoms with Crippen molar-refractivity contribution < 1.29 is 4.55 Å². The van der Waals surface area contributed by atoms with Crippen LogP contribution in [-0.4, -0.2) is 31.1 Å². The monoisotopic (exact) mass is 283 g/mol. The SMILES string of the molecule is CSc1ncc2ccc(=O)n(CCCSO)c2n1. The molecular weight excluding hydrogens is 270 g/mol. The summed E-state index contributed by atoms with van der Waals surface area (Å²) in [4.78, 5) is 20.4. The average molecular weight is 283 g/mol. The van der Waals surface area contributed by atoms with Gasteiger partial charge in [-0.25, -0.2) is 9.97 Å². The van der Waals surface area contributed by atoms with Crippen molar-refractivity contribution in [2.75, 3.05) is 12.0 Å². The van der Waals surface area contributed by atoms with Crippen molar-refractivity contribution in [2.45, 2.75) is 18.1 Å². The minimum Gasteiger partial charge on any atom is -0.330 e. The summed E-state index contributed by atoms with van der Waals surface area (Å²) in [6, 6.07) is 3.26. The Morgan fingerprint density at radius 1 is 1.44 bits per heavy atom. The van der Waals surface area contributed by atoms with Crippen molar-refractivity contribution in [2.24, 2.45) is 0 Å². The van der Waals surface area contributed by atoms with Gasteiger partial charge < -0.3 is 4.55 Å². The molecule has 0 aliphatic heterocycles. The van der Waals surface area contributed by atoms with Gasteiger partial charge in [-0.15, -0.1) is 0 Å². The Bertz CT molecular complexity index is 600. The number of hydrogen-bond acceptors (Lipinski definition) is 6. The Morgan fingerprint density at radius 2 is 2.28 bits per heavy atom. The predicted molar refractivity (Wildman–Crippen MR) is 75.3 cm³/mol. The Hall–Kier alpha value is -1.05. The van der Waals surface area contributed by atoms with E-state index in [2.05, 4.69) is 9.97 Å². The lowest BCUT2D eigenvalue weighted by molar-refractivity contribution is 0.639. The molecule has 18 heavy (non-hydrogen) atoms. The molecule has 0 fully saturated rings. The van der Waals surface area contributed by atoms with E-state index < -0.39 is 0 Å². The van der Waals surface area contributed by atoms with E-state index in [-0.39, 0.29) is 5.56 Å². The highest BCUT2D eigenvalue weighted by Crippen LogP contribution is 2.14. The van der Waals surface area contributed by atoms with E-state index in [0.29, 0.717) is 23.1 Å². The first kappa shape index (κ1) is 13.4. The third kappa shape index (κ3) is 2.85. The van der Waals surface area contributed by atoms with Gasteiger partial charge in [-0.05, 0) is 30.8 Å². The molecule has 0 saturated heterocycles. The van der Waals surface area contributed by atoms with Crippen molar-refractivity contribution in [3.05, 3.63) is 28.7 Å². The summed E-state index contributed by atoms with van der Waals surface area (Å²) in [6.07, 6.45) is 4.35. The number of aryl methyl sites for hydroxylation is 1. The molecule has 0 saturated carbocycles. The first-order valence-corrected chi connectivity index (χ1v) is 7.60. The molecule has 2 aromatic rings. The van der Waals surface area contributed by atoms with E-state index in [1.165, 1.54) is 17.8 Å². The third-order valence-electron chi connectivity index (χ3n) is 2.50. The van der Waals surface area contributed by atoms with Crippen molar-refractivity contribution in [1.29, 1.82) is 0 Å². The van der Waals surface area contributed by atoms with Crippen molar-refractivity contribution in [3.63, 3.8) is 0 Å². The lowest BCUT2D eigenvalue weighted by Crippen LogP contribution is -2.20. The second kappa shape index (κ2) is 6.21. The van der Waals surface area contributed by atoms with Gasteiger partial charge in [0.25, 0.3) is 5.56 Å². The topological polar surface area (TPSA) is 68.0 Å². The highest BCUT2D eigenvalue weighted by atomic mass is 32.2. The number of aromatic nitrogens is 3. The van der Waals surface area contributed by atoms with Crippen LogP contribution in [-0.2, 0) is 6.54 Å². The molecule has 2 rings (SSSR count). The number of pyridine rings is 1. The van der Waals surface area contributed by atoms with Crippen molar-refractivity contribution >= 4 is 34.8 Å². The van der Waals surface area contributed by atoms with Crippen LogP contribution < -0.4 is 5.56 Å². The Labute approximate surface area is 113 Å². The second-order valence-corrected chi connectivity index (χ2v) is 5.09. The Balaban J connectivity index is 2.47. The van der Waals surface area contributed by atoms with E-state index in [4.69, 9.17) is 4.55 Å². The highest BCUT2D eigenvalue weighted by Gasteiger charge is 2.06. The van der Waals surface area contributed by atoms with Gasteiger partial charge in [-0.1, -0.05) is 11.8 Å². The van der Waals surface area contributed by atoms with Crippen LogP contribution in [0.2, 0.25) is 0 Å². The molecule has 0 bridgehead atoms. The minimum absolute atomic E-state index is 0.0730. The standard InChI is InChI=1S/C11H13N3O2S2/c1-17-11-12-7-8-3-4-9(15)14(10(8)13-11)5-2-6-18-16/h3-4,7,16H,2,5-6H2,1H3. The van der Waals surface area contributed by atoms with Crippen molar-refractivity contribution in [3.8, 4) is 0 Å². The fourth-order valence-corrected chi connectivity index (χ4v) is 2.25. The predicted octanol–water partition coefficient (Wildman–Crippen LogP) is 2.11. The highest BCUT2D eigenvalue weighted by molar-refractivity contribution is 7.98. The summed E-state index contributed by atoms with van der Waals surface area (Å²) < 4.78 is 10.3. The summed E-state index contributed by atoms with van der Waals surface area (Å²) in [5.41, 5.74) is 0.584. The molecule has 0 unspecified atom stereocenters. The molecule has 0 spiro atoms. The fraction of sp³-hybridized carbons (Fsp3) is 0.364. The zero-order valence-corrected chi connectivity index (χ0v) is 11.5. The van der Waals surface area contributed by atoms with Crippen LogP contribution in [0.15, 0.2) is 28.3 Å². The summed E-state index contributed by atoms with van der Waals surface area (Å²) in [6.45, 7) is 0.550. The first-order valence-electron chi connectivity index (χ1n) is 5.43. The molecule has 2 aromatic heterocycles. The number of nitrogens with zero attached hydrogens (tertiary/aromatic N) is 3. The molecule has 0 aliphatic rings. The lowest BCUT2D eigenvalue weighted by atomic mass is 10.3. The van der Waals surface area contributed by atoms with Gasteiger partial charge in [-0.2, -0.15) is 0 Å². The molecular formula is C11H13N3O2S2. The summed E-state index contributed by atoms with van der Waals surface area (Å²) in [5.74, 6) is 0.600. The molecule has 0 amide bonds. The number of hydrogen-bond donors (Lipinski definition) is 1. The van der Waals surface area contributed by atoms with Gasteiger partial charge in [0.2, 0.25) is 0 Å². The molecule has 7 heteroatoms. The van der Waals surface area contributed by atoms with Gasteiger partial charge >= 0.3 is 0 Å². The molecule has 0 aliphatic carbocycles. The van der Waals surface area contributed by atoms with Crippen LogP contribution in [0.3, 0.4) is 0 Å². The minimum atomic E-state index is -0.0730. The van der Waals surface area contributed by atoms with Gasteiger partial charge in [0.1, 0.15) is 5.65 Å². The number of fused-ring (bicyclic) bond motifs is 1. The number of rotatable bonds is 5. The summed E-state index contributed by atoms with van der Waals surface area (Å²) in [5, 5.41) is 1.50. The number of thioether (sulfide) groups is 1. The van der Waals surface area contributed by atoms with E-state index >= 15 is 0 Å². The summed E-state index contributed by atoms with van der Waals surface area (Å²) in [7, 11) is 0. The quantitative estimate of drug-likeness (QED) is 0.392. The average Bonchev–Trinajstić information content (AvgIpc) is 2.41. The van der Waals surface area contributed by atoms with Crippen LogP contribution in [0, 0.1) is 0 Å². The zero-order chi connectivity index (χ0) is 13.0.